The first-order chi connectivity index (χ1) is 8.97. The van der Waals surface area contributed by atoms with E-state index in [4.69, 9.17) is 26.2 Å². The number of amides is 1. The second kappa shape index (κ2) is 6.65. The third-order valence-electron chi connectivity index (χ3n) is 2.11. The SMILES string of the molecule is COc1cc(NC(=O)/C=C\C(=O)O)c(OC)cc1Cl. The van der Waals surface area contributed by atoms with Crippen molar-refractivity contribution in [2.45, 2.75) is 0 Å². The Hall–Kier alpha value is -2.21. The molecule has 1 rings (SSSR count). The Morgan fingerprint density at radius 2 is 1.84 bits per heavy atom. The number of rotatable bonds is 5. The zero-order chi connectivity index (χ0) is 14.4. The third kappa shape index (κ3) is 4.18. The molecule has 102 valence electrons. The second-order valence-electron chi connectivity index (χ2n) is 3.35. The van der Waals surface area contributed by atoms with Crippen molar-refractivity contribution in [3.8, 4) is 11.5 Å². The van der Waals surface area contributed by atoms with Gasteiger partial charge < -0.3 is 19.9 Å². The highest BCUT2D eigenvalue weighted by atomic mass is 35.5. The minimum Gasteiger partial charge on any atom is -0.495 e. The summed E-state index contributed by atoms with van der Waals surface area (Å²) in [6.45, 7) is 0. The van der Waals surface area contributed by atoms with E-state index in [1.54, 1.807) is 0 Å². The van der Waals surface area contributed by atoms with Crippen LogP contribution in [0.1, 0.15) is 0 Å². The molecule has 19 heavy (non-hydrogen) atoms. The van der Waals surface area contributed by atoms with Crippen molar-refractivity contribution in [1.82, 2.24) is 0 Å². The highest BCUT2D eigenvalue weighted by molar-refractivity contribution is 6.32. The molecule has 0 aliphatic heterocycles. The highest BCUT2D eigenvalue weighted by Crippen LogP contribution is 2.35. The molecule has 0 saturated carbocycles. The van der Waals surface area contributed by atoms with Crippen LogP contribution in [0.3, 0.4) is 0 Å². The molecule has 0 fully saturated rings. The van der Waals surface area contributed by atoms with E-state index >= 15 is 0 Å². The van der Waals surface area contributed by atoms with E-state index in [9.17, 15) is 9.59 Å². The second-order valence-corrected chi connectivity index (χ2v) is 3.76. The van der Waals surface area contributed by atoms with Crippen LogP contribution >= 0.6 is 11.6 Å². The van der Waals surface area contributed by atoms with Gasteiger partial charge in [0.05, 0.1) is 24.9 Å². The van der Waals surface area contributed by atoms with Gasteiger partial charge in [0, 0.05) is 24.3 Å². The van der Waals surface area contributed by atoms with Crippen LogP contribution in [0.2, 0.25) is 5.02 Å². The highest BCUT2D eigenvalue weighted by Gasteiger charge is 2.11. The van der Waals surface area contributed by atoms with Gasteiger partial charge in [0.1, 0.15) is 11.5 Å². The Balaban J connectivity index is 2.99. The van der Waals surface area contributed by atoms with Crippen LogP contribution in [0.4, 0.5) is 5.69 Å². The molecule has 1 amide bonds. The predicted octanol–water partition coefficient (Wildman–Crippen LogP) is 1.94. The zero-order valence-corrected chi connectivity index (χ0v) is 11.0. The van der Waals surface area contributed by atoms with Gasteiger partial charge in [-0.1, -0.05) is 11.6 Å². The lowest BCUT2D eigenvalue weighted by Crippen LogP contribution is -2.10. The molecule has 1 aromatic rings. The van der Waals surface area contributed by atoms with E-state index in [1.807, 2.05) is 0 Å². The Bertz CT molecular complexity index is 527. The number of carboxylic acid groups (broad SMARTS) is 1. The van der Waals surface area contributed by atoms with Crippen molar-refractivity contribution in [1.29, 1.82) is 0 Å². The summed E-state index contributed by atoms with van der Waals surface area (Å²) in [6, 6.07) is 2.96. The molecule has 0 aliphatic rings. The van der Waals surface area contributed by atoms with E-state index in [0.717, 1.165) is 12.2 Å². The normalized spacial score (nSPS) is 10.3. The first-order valence-electron chi connectivity index (χ1n) is 5.11. The Kier molecular flexibility index (Phi) is 5.20. The van der Waals surface area contributed by atoms with Crippen molar-refractivity contribution in [2.75, 3.05) is 19.5 Å². The number of hydrogen-bond acceptors (Lipinski definition) is 4. The number of nitrogens with one attached hydrogen (secondary N) is 1. The van der Waals surface area contributed by atoms with Crippen molar-refractivity contribution >= 4 is 29.2 Å². The van der Waals surface area contributed by atoms with Crippen LogP contribution in [-0.4, -0.2) is 31.2 Å². The monoisotopic (exact) mass is 285 g/mol. The molecule has 0 radical (unpaired) electrons. The number of anilines is 1. The van der Waals surface area contributed by atoms with Crippen LogP contribution < -0.4 is 14.8 Å². The molecule has 2 N–H and O–H groups in total. The summed E-state index contributed by atoms with van der Waals surface area (Å²) < 4.78 is 10.1. The summed E-state index contributed by atoms with van der Waals surface area (Å²) in [4.78, 5) is 21.8. The zero-order valence-electron chi connectivity index (χ0n) is 10.3. The minimum atomic E-state index is -1.21. The maximum atomic E-state index is 11.5. The maximum absolute atomic E-state index is 11.5. The average molecular weight is 286 g/mol. The predicted molar refractivity (Wildman–Crippen MR) is 70.0 cm³/mol. The molecule has 0 heterocycles. The van der Waals surface area contributed by atoms with Gasteiger partial charge in [-0.3, -0.25) is 4.79 Å². The van der Waals surface area contributed by atoms with Crippen molar-refractivity contribution in [2.24, 2.45) is 0 Å². The Morgan fingerprint density at radius 1 is 1.21 bits per heavy atom. The molecule has 0 bridgehead atoms. The number of benzene rings is 1. The molecule has 0 spiro atoms. The van der Waals surface area contributed by atoms with Crippen LogP contribution in [0.15, 0.2) is 24.3 Å². The molecule has 0 unspecified atom stereocenters. The number of carboxylic acids is 1. The number of aliphatic carboxylic acids is 1. The molecule has 6 nitrogen and oxygen atoms in total. The summed E-state index contributed by atoms with van der Waals surface area (Å²) in [6.07, 6.45) is 1.62. The smallest absolute Gasteiger partial charge is 0.328 e. The number of ether oxygens (including phenoxy) is 2. The van der Waals surface area contributed by atoms with Crippen LogP contribution in [0, 0.1) is 0 Å². The minimum absolute atomic E-state index is 0.323. The lowest BCUT2D eigenvalue weighted by molar-refractivity contribution is -0.131. The molecule has 0 saturated heterocycles. The fraction of sp³-hybridized carbons (Fsp3) is 0.167. The van der Waals surface area contributed by atoms with Gasteiger partial charge in [0.2, 0.25) is 5.91 Å². The number of carbonyl (C=O) groups excluding carboxylic acids is 1. The summed E-state index contributed by atoms with van der Waals surface area (Å²) in [7, 11) is 2.85. The van der Waals surface area contributed by atoms with Gasteiger partial charge in [0.25, 0.3) is 0 Å². The fourth-order valence-corrected chi connectivity index (χ4v) is 1.51. The molecule has 1 aromatic carbocycles. The van der Waals surface area contributed by atoms with Crippen LogP contribution in [0.25, 0.3) is 0 Å². The van der Waals surface area contributed by atoms with Gasteiger partial charge in [-0.15, -0.1) is 0 Å². The topological polar surface area (TPSA) is 84.9 Å². The first kappa shape index (κ1) is 14.8. The van der Waals surface area contributed by atoms with E-state index in [1.165, 1.54) is 26.4 Å². The van der Waals surface area contributed by atoms with E-state index < -0.39 is 11.9 Å². The molecule has 0 aromatic heterocycles. The number of hydrogen-bond donors (Lipinski definition) is 2. The van der Waals surface area contributed by atoms with Gasteiger partial charge in [-0.05, 0) is 0 Å². The maximum Gasteiger partial charge on any atom is 0.328 e. The van der Waals surface area contributed by atoms with Gasteiger partial charge >= 0.3 is 5.97 Å². The molecular formula is C12H12ClNO5. The quantitative estimate of drug-likeness (QED) is 0.808. The third-order valence-corrected chi connectivity index (χ3v) is 2.40. The summed E-state index contributed by atoms with van der Waals surface area (Å²) in [5.41, 5.74) is 0.323. The fourth-order valence-electron chi connectivity index (χ4n) is 1.28. The van der Waals surface area contributed by atoms with Gasteiger partial charge in [-0.2, -0.15) is 0 Å². The van der Waals surface area contributed by atoms with E-state index in [-0.39, 0.29) is 0 Å². The van der Waals surface area contributed by atoms with Gasteiger partial charge in [-0.25, -0.2) is 4.79 Å². The molecule has 7 heteroatoms. The number of halogens is 1. The molecular weight excluding hydrogens is 274 g/mol. The summed E-state index contributed by atoms with van der Waals surface area (Å²) in [5.74, 6) is -1.12. The summed E-state index contributed by atoms with van der Waals surface area (Å²) >= 11 is 5.91. The molecule has 0 aliphatic carbocycles. The first-order valence-corrected chi connectivity index (χ1v) is 5.49. The lowest BCUT2D eigenvalue weighted by Gasteiger charge is -2.12. The van der Waals surface area contributed by atoms with Crippen LogP contribution in [-0.2, 0) is 9.59 Å². The standard InChI is InChI=1S/C12H12ClNO5/c1-18-9-6-8(10(19-2)5-7(9)13)14-11(15)3-4-12(16)17/h3-6H,1-2H3,(H,14,15)(H,16,17)/b4-3-. The molecule has 0 atom stereocenters. The van der Waals surface area contributed by atoms with E-state index in [2.05, 4.69) is 5.32 Å². The average Bonchev–Trinajstić information content (AvgIpc) is 2.37. The van der Waals surface area contributed by atoms with Gasteiger partial charge in [0.15, 0.2) is 0 Å². The number of carbonyl (C=O) groups is 2. The summed E-state index contributed by atoms with van der Waals surface area (Å²) in [5, 5.41) is 11.2. The van der Waals surface area contributed by atoms with E-state index in [0.29, 0.717) is 22.2 Å². The Labute approximate surface area is 114 Å². The lowest BCUT2D eigenvalue weighted by atomic mass is 10.2. The van der Waals surface area contributed by atoms with Crippen molar-refractivity contribution < 1.29 is 24.2 Å². The largest absolute Gasteiger partial charge is 0.495 e. The van der Waals surface area contributed by atoms with Crippen molar-refractivity contribution in [3.05, 3.63) is 29.3 Å². The Morgan fingerprint density at radius 3 is 2.37 bits per heavy atom. The van der Waals surface area contributed by atoms with Crippen molar-refractivity contribution in [3.63, 3.8) is 0 Å². The number of methoxy groups -OCH3 is 2. The van der Waals surface area contributed by atoms with Crippen LogP contribution in [0.5, 0.6) is 11.5 Å².